The average Bonchev–Trinajstić information content (AvgIpc) is 3.20. The van der Waals surface area contributed by atoms with Crippen LogP contribution in [0.15, 0.2) is 47.5 Å². The zero-order valence-corrected chi connectivity index (χ0v) is 16.4. The zero-order valence-electron chi connectivity index (χ0n) is 15.5. The molecule has 1 atom stereocenters. The van der Waals surface area contributed by atoms with Crippen LogP contribution in [-0.4, -0.2) is 50.6 Å². The fraction of sp³-hybridized carbons (Fsp3) is 0.450. The number of hydrogen-bond acceptors (Lipinski definition) is 5. The predicted octanol–water partition coefficient (Wildman–Crippen LogP) is 2.75. The van der Waals surface area contributed by atoms with E-state index in [1.54, 1.807) is 16.4 Å². The van der Waals surface area contributed by atoms with E-state index in [9.17, 15) is 8.42 Å². The first-order valence-corrected chi connectivity index (χ1v) is 10.9. The maximum Gasteiger partial charge on any atom is 0.243 e. The highest BCUT2D eigenvalue weighted by atomic mass is 32.2. The second-order valence-electron chi connectivity index (χ2n) is 7.14. The van der Waals surface area contributed by atoms with Gasteiger partial charge in [-0.05, 0) is 43.5 Å². The van der Waals surface area contributed by atoms with Gasteiger partial charge in [0.05, 0.1) is 24.2 Å². The summed E-state index contributed by atoms with van der Waals surface area (Å²) in [5.41, 5.74) is 2.01. The Labute approximate surface area is 160 Å². The minimum atomic E-state index is -3.50. The number of morpholine rings is 1. The number of benzene rings is 1. The van der Waals surface area contributed by atoms with Crippen LogP contribution in [-0.2, 0) is 14.8 Å². The molecule has 0 saturated carbocycles. The molecule has 3 heterocycles. The molecule has 2 aliphatic heterocycles. The minimum absolute atomic E-state index is 0.150. The van der Waals surface area contributed by atoms with Crippen molar-refractivity contribution in [2.75, 3.05) is 37.7 Å². The summed E-state index contributed by atoms with van der Waals surface area (Å²) in [4.78, 5) is 7.15. The predicted molar refractivity (Wildman–Crippen MR) is 104 cm³/mol. The van der Waals surface area contributed by atoms with Gasteiger partial charge in [-0.25, -0.2) is 13.4 Å². The summed E-state index contributed by atoms with van der Waals surface area (Å²) in [6.07, 6.45) is 3.52. The third kappa shape index (κ3) is 3.72. The van der Waals surface area contributed by atoms with Crippen LogP contribution in [0.4, 0.5) is 5.82 Å². The number of hydrogen-bond donors (Lipinski definition) is 0. The van der Waals surface area contributed by atoms with E-state index in [0.29, 0.717) is 24.7 Å². The highest BCUT2D eigenvalue weighted by Crippen LogP contribution is 2.36. The Kier molecular flexibility index (Phi) is 5.16. The molecular formula is C20H25N3O3S. The molecule has 6 nitrogen and oxygen atoms in total. The third-order valence-corrected chi connectivity index (χ3v) is 7.24. The van der Waals surface area contributed by atoms with Gasteiger partial charge in [0, 0.05) is 25.8 Å². The number of ether oxygens (including phenoxy) is 1. The summed E-state index contributed by atoms with van der Waals surface area (Å²) in [5.74, 6) is 0.924. The van der Waals surface area contributed by atoms with Gasteiger partial charge in [-0.1, -0.05) is 23.8 Å². The number of nitrogens with zero attached hydrogens (tertiary/aromatic N) is 3. The van der Waals surface area contributed by atoms with Crippen molar-refractivity contribution in [2.24, 2.45) is 0 Å². The molecule has 0 bridgehead atoms. The van der Waals surface area contributed by atoms with Crippen molar-refractivity contribution in [1.29, 1.82) is 0 Å². The van der Waals surface area contributed by atoms with E-state index in [4.69, 9.17) is 4.74 Å². The van der Waals surface area contributed by atoms with Gasteiger partial charge in [0.25, 0.3) is 0 Å². The second-order valence-corrected chi connectivity index (χ2v) is 9.03. The quantitative estimate of drug-likeness (QED) is 0.807. The molecule has 0 unspecified atom stereocenters. The number of aromatic nitrogens is 1. The van der Waals surface area contributed by atoms with Crippen molar-refractivity contribution in [3.63, 3.8) is 0 Å². The normalized spacial score (nSPS) is 21.5. The van der Waals surface area contributed by atoms with Crippen molar-refractivity contribution in [2.45, 2.75) is 30.7 Å². The fourth-order valence-electron chi connectivity index (χ4n) is 3.78. The van der Waals surface area contributed by atoms with Crippen molar-refractivity contribution >= 4 is 15.8 Å². The summed E-state index contributed by atoms with van der Waals surface area (Å²) >= 11 is 0. The van der Waals surface area contributed by atoms with Crippen LogP contribution < -0.4 is 4.90 Å². The molecule has 0 amide bonds. The monoisotopic (exact) mass is 387 g/mol. The van der Waals surface area contributed by atoms with Gasteiger partial charge in [0.15, 0.2) is 0 Å². The molecule has 1 aromatic carbocycles. The van der Waals surface area contributed by atoms with Gasteiger partial charge in [0.1, 0.15) is 5.82 Å². The lowest BCUT2D eigenvalue weighted by Crippen LogP contribution is -2.36. The van der Waals surface area contributed by atoms with Crippen LogP contribution in [0.5, 0.6) is 0 Å². The van der Waals surface area contributed by atoms with E-state index in [1.165, 1.54) is 0 Å². The fourth-order valence-corrected chi connectivity index (χ4v) is 5.46. The first-order chi connectivity index (χ1) is 13.1. The lowest BCUT2D eigenvalue weighted by molar-refractivity contribution is 0.122. The lowest BCUT2D eigenvalue weighted by atomic mass is 10.1. The van der Waals surface area contributed by atoms with Crippen LogP contribution in [0.2, 0.25) is 0 Å². The number of rotatable bonds is 4. The Balaban J connectivity index is 1.56. The van der Waals surface area contributed by atoms with Gasteiger partial charge in [-0.3, -0.25) is 0 Å². The summed E-state index contributed by atoms with van der Waals surface area (Å²) in [6.45, 7) is 5.61. The smallest absolute Gasteiger partial charge is 0.243 e. The highest BCUT2D eigenvalue weighted by Gasteiger charge is 2.36. The molecular weight excluding hydrogens is 362 g/mol. The van der Waals surface area contributed by atoms with Crippen molar-refractivity contribution in [1.82, 2.24) is 9.29 Å². The van der Waals surface area contributed by atoms with Crippen LogP contribution in [0.1, 0.15) is 30.0 Å². The molecule has 0 radical (unpaired) electrons. The van der Waals surface area contributed by atoms with E-state index in [1.807, 2.05) is 37.4 Å². The molecule has 0 N–H and O–H groups in total. The molecule has 2 saturated heterocycles. The van der Waals surface area contributed by atoms with Crippen molar-refractivity contribution in [3.8, 4) is 0 Å². The highest BCUT2D eigenvalue weighted by molar-refractivity contribution is 7.89. The van der Waals surface area contributed by atoms with Crippen molar-refractivity contribution in [3.05, 3.63) is 53.7 Å². The van der Waals surface area contributed by atoms with Gasteiger partial charge in [-0.15, -0.1) is 0 Å². The molecule has 144 valence electrons. The second kappa shape index (κ2) is 7.58. The molecule has 1 aromatic heterocycles. The van der Waals surface area contributed by atoms with E-state index in [-0.39, 0.29) is 6.04 Å². The summed E-state index contributed by atoms with van der Waals surface area (Å²) in [6, 6.07) is 10.9. The van der Waals surface area contributed by atoms with Crippen LogP contribution >= 0.6 is 0 Å². The summed E-state index contributed by atoms with van der Waals surface area (Å²) in [5, 5.41) is 0. The third-order valence-electron chi connectivity index (χ3n) is 5.32. The van der Waals surface area contributed by atoms with Gasteiger partial charge in [-0.2, -0.15) is 4.31 Å². The number of anilines is 1. The number of pyridine rings is 1. The topological polar surface area (TPSA) is 62.7 Å². The molecule has 27 heavy (non-hydrogen) atoms. The Morgan fingerprint density at radius 1 is 1.04 bits per heavy atom. The van der Waals surface area contributed by atoms with Gasteiger partial charge >= 0.3 is 0 Å². The standard InChI is InChI=1S/C20H25N3O3S/c1-16-4-7-18(8-5-16)27(24,25)23-10-2-3-19(23)17-6-9-20(21-15-17)22-11-13-26-14-12-22/h4-9,15,19H,2-3,10-14H2,1H3/t19-/m1/s1. The largest absolute Gasteiger partial charge is 0.378 e. The molecule has 0 aliphatic carbocycles. The van der Waals surface area contributed by atoms with E-state index in [2.05, 4.69) is 9.88 Å². The zero-order chi connectivity index (χ0) is 18.9. The Morgan fingerprint density at radius 3 is 2.44 bits per heavy atom. The number of sulfonamides is 1. The SMILES string of the molecule is Cc1ccc(S(=O)(=O)N2CCC[C@@H]2c2ccc(N3CCOCC3)nc2)cc1. The average molecular weight is 388 g/mol. The van der Waals surface area contributed by atoms with Crippen LogP contribution in [0.3, 0.4) is 0 Å². The Morgan fingerprint density at radius 2 is 1.78 bits per heavy atom. The molecule has 2 fully saturated rings. The maximum atomic E-state index is 13.1. The first kappa shape index (κ1) is 18.4. The molecule has 0 spiro atoms. The van der Waals surface area contributed by atoms with E-state index in [0.717, 1.165) is 42.9 Å². The molecule has 7 heteroatoms. The summed E-state index contributed by atoms with van der Waals surface area (Å²) < 4.78 is 33.3. The maximum absolute atomic E-state index is 13.1. The molecule has 2 aliphatic rings. The number of aryl methyl sites for hydroxylation is 1. The van der Waals surface area contributed by atoms with Gasteiger partial charge in [0.2, 0.25) is 10.0 Å². The molecule has 2 aromatic rings. The van der Waals surface area contributed by atoms with Gasteiger partial charge < -0.3 is 9.64 Å². The van der Waals surface area contributed by atoms with Crippen LogP contribution in [0.25, 0.3) is 0 Å². The summed E-state index contributed by atoms with van der Waals surface area (Å²) in [7, 11) is -3.50. The van der Waals surface area contributed by atoms with Crippen LogP contribution in [0, 0.1) is 6.92 Å². The minimum Gasteiger partial charge on any atom is -0.378 e. The lowest BCUT2D eigenvalue weighted by Gasteiger charge is -2.28. The molecule has 4 rings (SSSR count). The van der Waals surface area contributed by atoms with Crippen molar-refractivity contribution < 1.29 is 13.2 Å². The first-order valence-electron chi connectivity index (χ1n) is 9.43. The Hall–Kier alpha value is -1.96. The van der Waals surface area contributed by atoms with E-state index < -0.39 is 10.0 Å². The van der Waals surface area contributed by atoms with E-state index >= 15 is 0 Å². The Bertz CT molecular complexity index is 876.